The highest BCUT2D eigenvalue weighted by Gasteiger charge is 2.22. The largest absolute Gasteiger partial charge is 0.309 e. The molecule has 312 valence electrons. The van der Waals surface area contributed by atoms with E-state index in [4.69, 9.17) is 0 Å². The van der Waals surface area contributed by atoms with Crippen LogP contribution < -0.4 is 4.90 Å². The quantitative estimate of drug-likeness (QED) is 0.161. The third-order valence-electron chi connectivity index (χ3n) is 13.9. The molecule has 0 atom stereocenters. The van der Waals surface area contributed by atoms with Gasteiger partial charge in [0.25, 0.3) is 0 Å². The van der Waals surface area contributed by atoms with E-state index in [0.717, 1.165) is 17.1 Å². The van der Waals surface area contributed by atoms with E-state index < -0.39 is 0 Å². The third kappa shape index (κ3) is 6.13. The summed E-state index contributed by atoms with van der Waals surface area (Å²) in [5.41, 5.74) is 10.7. The van der Waals surface area contributed by atoms with Crippen LogP contribution in [0.15, 0.2) is 237 Å². The van der Waals surface area contributed by atoms with Gasteiger partial charge in [0, 0.05) is 56.8 Å². The zero-order valence-electron chi connectivity index (χ0n) is 36.3. The monoisotopic (exact) mass is 885 g/mol. The van der Waals surface area contributed by atoms with Crippen molar-refractivity contribution >= 4 is 123 Å². The minimum Gasteiger partial charge on any atom is -0.309 e. The molecule has 2 heterocycles. The van der Waals surface area contributed by atoms with Gasteiger partial charge in [0.2, 0.25) is 0 Å². The molecule has 0 unspecified atom stereocenters. The van der Waals surface area contributed by atoms with Crippen LogP contribution in [0.1, 0.15) is 0 Å². The second-order valence-electron chi connectivity index (χ2n) is 17.6. The van der Waals surface area contributed by atoms with E-state index >= 15 is 0 Å². The summed E-state index contributed by atoms with van der Waals surface area (Å²) in [6, 6.07) is 87.8. The Labute approximate surface area is 395 Å². The Kier molecular flexibility index (Phi) is 8.70. The van der Waals surface area contributed by atoms with Crippen molar-refractivity contribution in [2.45, 2.75) is 0 Å². The van der Waals surface area contributed by atoms with Gasteiger partial charge in [-0.2, -0.15) is 0 Å². The fourth-order valence-corrected chi connectivity index (χ4v) is 13.0. The molecule has 1 nitrogen and oxygen atoms in total. The zero-order valence-corrected chi connectivity index (χ0v) is 37.9. The van der Waals surface area contributed by atoms with Gasteiger partial charge < -0.3 is 4.90 Å². The predicted molar refractivity (Wildman–Crippen MR) is 293 cm³/mol. The summed E-state index contributed by atoms with van der Waals surface area (Å²) in [6.45, 7) is 0. The highest BCUT2D eigenvalue weighted by molar-refractivity contribution is 7.27. The average Bonchev–Trinajstić information content (AvgIpc) is 3.98. The van der Waals surface area contributed by atoms with Gasteiger partial charge in [-0.1, -0.05) is 182 Å². The van der Waals surface area contributed by atoms with E-state index in [1.54, 1.807) is 0 Å². The van der Waals surface area contributed by atoms with Crippen molar-refractivity contribution in [3.8, 4) is 33.4 Å². The first-order chi connectivity index (χ1) is 33.2. The van der Waals surface area contributed by atoms with Crippen LogP contribution in [0.4, 0.5) is 17.1 Å². The maximum Gasteiger partial charge on any atom is 0.0540 e. The van der Waals surface area contributed by atoms with Crippen LogP contribution in [0, 0.1) is 0 Å². The summed E-state index contributed by atoms with van der Waals surface area (Å²) < 4.78 is 5.31. The molecule has 0 spiro atoms. The number of hydrogen-bond donors (Lipinski definition) is 0. The highest BCUT2D eigenvalue weighted by atomic mass is 32.1. The number of benzene rings is 12. The van der Waals surface area contributed by atoms with Crippen LogP contribution in [-0.4, -0.2) is 0 Å². The first-order valence-corrected chi connectivity index (χ1v) is 24.5. The lowest BCUT2D eigenvalue weighted by atomic mass is 9.93. The van der Waals surface area contributed by atoms with Crippen molar-refractivity contribution in [1.82, 2.24) is 0 Å². The van der Waals surface area contributed by atoms with E-state index in [9.17, 15) is 0 Å². The third-order valence-corrected chi connectivity index (χ3v) is 16.2. The molecule has 0 saturated heterocycles. The Hall–Kier alpha value is -8.08. The zero-order chi connectivity index (χ0) is 44.0. The summed E-state index contributed by atoms with van der Waals surface area (Å²) in [6.07, 6.45) is 0. The summed E-state index contributed by atoms with van der Waals surface area (Å²) in [5, 5.41) is 15.3. The van der Waals surface area contributed by atoms with E-state index in [-0.39, 0.29) is 0 Å². The number of thiophene rings is 2. The molecular formula is C64H39NS2. The summed E-state index contributed by atoms with van der Waals surface area (Å²) in [5.74, 6) is 0. The standard InChI is InChI=1S/C64H39NS2/c1-2-12-40(13-3-1)41-22-28-46(29-23-41)65(58-33-31-47(51-18-8-10-20-53(51)58)44-26-35-60-56(38-44)55-30-24-43-15-5-7-17-50(43)64(55)67-60)59-34-32-48(52-19-9-11-21-54(52)59)45-27-36-61-57(39-45)63-49-16-6-4-14-42(49)25-37-62(63)66-61/h1-39H. The molecule has 0 aliphatic heterocycles. The van der Waals surface area contributed by atoms with Crippen LogP contribution in [0.25, 0.3) is 117 Å². The van der Waals surface area contributed by atoms with Crippen molar-refractivity contribution in [1.29, 1.82) is 0 Å². The van der Waals surface area contributed by atoms with Crippen molar-refractivity contribution in [2.75, 3.05) is 4.90 Å². The molecule has 3 heteroatoms. The van der Waals surface area contributed by atoms with E-state index in [0.29, 0.717) is 0 Å². The molecule has 14 rings (SSSR count). The first kappa shape index (κ1) is 38.2. The lowest BCUT2D eigenvalue weighted by molar-refractivity contribution is 1.31. The summed E-state index contributed by atoms with van der Waals surface area (Å²) in [7, 11) is 0. The second-order valence-corrected chi connectivity index (χ2v) is 19.7. The fraction of sp³-hybridized carbons (Fsp3) is 0. The van der Waals surface area contributed by atoms with Crippen LogP contribution in [0.2, 0.25) is 0 Å². The number of nitrogens with zero attached hydrogens (tertiary/aromatic N) is 1. The summed E-state index contributed by atoms with van der Waals surface area (Å²) >= 11 is 3.78. The van der Waals surface area contributed by atoms with Gasteiger partial charge in [0.15, 0.2) is 0 Å². The molecule has 0 radical (unpaired) electrons. The lowest BCUT2D eigenvalue weighted by Gasteiger charge is -2.29. The van der Waals surface area contributed by atoms with Gasteiger partial charge in [-0.15, -0.1) is 22.7 Å². The van der Waals surface area contributed by atoms with Crippen molar-refractivity contribution < 1.29 is 0 Å². The molecule has 0 saturated carbocycles. The normalized spacial score (nSPS) is 11.9. The maximum atomic E-state index is 2.48. The average molecular weight is 886 g/mol. The van der Waals surface area contributed by atoms with E-state index in [2.05, 4.69) is 241 Å². The van der Waals surface area contributed by atoms with Crippen LogP contribution in [0.3, 0.4) is 0 Å². The van der Waals surface area contributed by atoms with E-state index in [1.165, 1.54) is 117 Å². The van der Waals surface area contributed by atoms with Gasteiger partial charge in [0.1, 0.15) is 0 Å². The molecule has 14 aromatic rings. The SMILES string of the molecule is c1ccc(-c2ccc(N(c3ccc(-c4ccc5sc6c7ccccc7ccc6c5c4)c4ccccc34)c3ccc(-c4ccc5sc6ccc7ccccc7c6c5c4)c4ccccc34)cc2)cc1. The van der Waals surface area contributed by atoms with Crippen LogP contribution in [0.5, 0.6) is 0 Å². The molecule has 0 amide bonds. The second kappa shape index (κ2) is 15.3. The minimum absolute atomic E-state index is 1.10. The number of anilines is 3. The van der Waals surface area contributed by atoms with Crippen molar-refractivity contribution in [3.63, 3.8) is 0 Å². The maximum absolute atomic E-state index is 2.48. The fourth-order valence-electron chi connectivity index (χ4n) is 10.7. The van der Waals surface area contributed by atoms with Crippen LogP contribution in [-0.2, 0) is 0 Å². The molecule has 0 N–H and O–H groups in total. The van der Waals surface area contributed by atoms with Gasteiger partial charge >= 0.3 is 0 Å². The Balaban J connectivity index is 0.955. The molecule has 0 bridgehead atoms. The van der Waals surface area contributed by atoms with Gasteiger partial charge in [-0.25, -0.2) is 0 Å². The van der Waals surface area contributed by atoms with E-state index in [1.807, 2.05) is 22.7 Å². The Morgan fingerprint density at radius 3 is 1.43 bits per heavy atom. The summed E-state index contributed by atoms with van der Waals surface area (Å²) in [4.78, 5) is 2.48. The smallest absolute Gasteiger partial charge is 0.0540 e. The number of hydrogen-bond acceptors (Lipinski definition) is 3. The number of fused-ring (bicyclic) bond motifs is 12. The molecule has 2 aromatic heterocycles. The predicted octanol–water partition coefficient (Wildman–Crippen LogP) is 19.5. The van der Waals surface area contributed by atoms with Crippen LogP contribution >= 0.6 is 22.7 Å². The molecule has 0 aliphatic carbocycles. The first-order valence-electron chi connectivity index (χ1n) is 22.9. The molecule has 0 aliphatic rings. The van der Waals surface area contributed by atoms with Crippen molar-refractivity contribution in [3.05, 3.63) is 237 Å². The molecule has 0 fully saturated rings. The highest BCUT2D eigenvalue weighted by Crippen LogP contribution is 2.48. The van der Waals surface area contributed by atoms with Gasteiger partial charge in [0.05, 0.1) is 11.4 Å². The Morgan fingerprint density at radius 1 is 0.269 bits per heavy atom. The topological polar surface area (TPSA) is 3.24 Å². The Morgan fingerprint density at radius 2 is 0.761 bits per heavy atom. The van der Waals surface area contributed by atoms with Gasteiger partial charge in [-0.05, 0) is 120 Å². The van der Waals surface area contributed by atoms with Gasteiger partial charge in [-0.3, -0.25) is 0 Å². The number of rotatable bonds is 6. The Bertz CT molecular complexity index is 4270. The minimum atomic E-state index is 1.10. The molecular weight excluding hydrogens is 847 g/mol. The molecule has 12 aromatic carbocycles. The van der Waals surface area contributed by atoms with Crippen molar-refractivity contribution in [2.24, 2.45) is 0 Å². The molecule has 67 heavy (non-hydrogen) atoms. The lowest BCUT2D eigenvalue weighted by Crippen LogP contribution is -2.11.